The number of allylic oxidation sites excluding steroid dienone is 2. The lowest BCUT2D eigenvalue weighted by atomic mass is 9.81. The van der Waals surface area contributed by atoms with Crippen LogP contribution in [0.3, 0.4) is 0 Å². The molecule has 5 aromatic carbocycles. The van der Waals surface area contributed by atoms with Crippen LogP contribution in [-0.4, -0.2) is 21.1 Å². The van der Waals surface area contributed by atoms with Gasteiger partial charge in [0.1, 0.15) is 11.9 Å². The van der Waals surface area contributed by atoms with Crippen LogP contribution in [0.1, 0.15) is 17.0 Å². The molecule has 0 spiro atoms. The maximum absolute atomic E-state index is 6.24. The number of nitrogens with zero attached hydrogens (tertiary/aromatic N) is 3. The zero-order valence-electron chi connectivity index (χ0n) is 22.2. The monoisotopic (exact) mass is 527 g/mol. The predicted octanol–water partition coefficient (Wildman–Crippen LogP) is 8.52. The molecule has 1 aliphatic carbocycles. The van der Waals surface area contributed by atoms with Gasteiger partial charge in [0.05, 0.1) is 5.92 Å². The highest BCUT2D eigenvalue weighted by molar-refractivity contribution is 5.86. The van der Waals surface area contributed by atoms with E-state index in [0.29, 0.717) is 17.5 Å². The molecule has 0 saturated carbocycles. The highest BCUT2D eigenvalue weighted by atomic mass is 16.5. The second-order valence-corrected chi connectivity index (χ2v) is 10.4. The van der Waals surface area contributed by atoms with Gasteiger partial charge in [-0.15, -0.1) is 0 Å². The predicted molar refractivity (Wildman–Crippen MR) is 164 cm³/mol. The summed E-state index contributed by atoms with van der Waals surface area (Å²) in [5.74, 6) is 3.12. The Kier molecular flexibility index (Phi) is 5.56. The molecule has 2 atom stereocenters. The van der Waals surface area contributed by atoms with Gasteiger partial charge >= 0.3 is 0 Å². The summed E-state index contributed by atoms with van der Waals surface area (Å²) in [4.78, 5) is 14.8. The molecule has 1 aliphatic heterocycles. The molecule has 0 amide bonds. The zero-order chi connectivity index (χ0) is 27.2. The third kappa shape index (κ3) is 4.21. The number of para-hydroxylation sites is 1. The maximum Gasteiger partial charge on any atom is 0.164 e. The molecule has 2 heterocycles. The summed E-state index contributed by atoms with van der Waals surface area (Å²) in [6.07, 6.45) is 6.47. The Morgan fingerprint density at radius 1 is 0.512 bits per heavy atom. The Morgan fingerprint density at radius 3 is 1.93 bits per heavy atom. The molecule has 2 unspecified atom stereocenters. The summed E-state index contributed by atoms with van der Waals surface area (Å²) in [5, 5.41) is 2.34. The number of ether oxygens (including phenoxy) is 1. The Balaban J connectivity index is 1.20. The molecule has 194 valence electrons. The molecular formula is C37H25N3O. The van der Waals surface area contributed by atoms with Crippen molar-refractivity contribution in [2.75, 3.05) is 0 Å². The summed E-state index contributed by atoms with van der Waals surface area (Å²) < 4.78 is 6.24. The van der Waals surface area contributed by atoms with Gasteiger partial charge in [-0.3, -0.25) is 0 Å². The van der Waals surface area contributed by atoms with Crippen LogP contribution in [0.15, 0.2) is 140 Å². The minimum Gasteiger partial charge on any atom is -0.485 e. The average Bonchev–Trinajstić information content (AvgIpc) is 3.44. The fraction of sp³-hybridized carbons (Fsp3) is 0.0541. The van der Waals surface area contributed by atoms with Crippen molar-refractivity contribution >= 4 is 16.3 Å². The standard InChI is InChI=1S/C37H25N3O/c1-2-10-26(11-3-1)35-38-36(40-37(39-35)29-22-17-24-9-4-5-12-28(24)23-29)27-20-18-25(19-21-27)30-14-8-16-33-34(30)31-13-6-7-15-32(31)41-33/h1-23,33-34H. The first-order valence-electron chi connectivity index (χ1n) is 13.9. The molecule has 4 nitrogen and oxygen atoms in total. The minimum absolute atomic E-state index is 0.0218. The Labute approximate surface area is 238 Å². The summed E-state index contributed by atoms with van der Waals surface area (Å²) in [6.45, 7) is 0. The lowest BCUT2D eigenvalue weighted by Crippen LogP contribution is -2.19. The molecule has 4 heteroatoms. The van der Waals surface area contributed by atoms with Crippen LogP contribution in [-0.2, 0) is 0 Å². The smallest absolute Gasteiger partial charge is 0.164 e. The van der Waals surface area contributed by atoms with Crippen molar-refractivity contribution < 1.29 is 4.74 Å². The first-order chi connectivity index (χ1) is 20.3. The second kappa shape index (κ2) is 9.68. The van der Waals surface area contributed by atoms with Crippen LogP contribution >= 0.6 is 0 Å². The van der Waals surface area contributed by atoms with Gasteiger partial charge < -0.3 is 4.74 Å². The fourth-order valence-electron chi connectivity index (χ4n) is 5.87. The highest BCUT2D eigenvalue weighted by Gasteiger charge is 2.36. The van der Waals surface area contributed by atoms with Crippen LogP contribution in [0.5, 0.6) is 5.75 Å². The molecule has 41 heavy (non-hydrogen) atoms. The van der Waals surface area contributed by atoms with Crippen LogP contribution in [0.4, 0.5) is 0 Å². The van der Waals surface area contributed by atoms with Crippen molar-refractivity contribution in [2.24, 2.45) is 0 Å². The Bertz CT molecular complexity index is 1980. The summed E-state index contributed by atoms with van der Waals surface area (Å²) >= 11 is 0. The molecule has 8 rings (SSSR count). The molecule has 2 aliphatic rings. The van der Waals surface area contributed by atoms with E-state index in [1.165, 1.54) is 22.1 Å². The van der Waals surface area contributed by atoms with Gasteiger partial charge in [0.15, 0.2) is 17.5 Å². The van der Waals surface area contributed by atoms with E-state index in [2.05, 4.69) is 103 Å². The van der Waals surface area contributed by atoms with Crippen molar-refractivity contribution in [3.63, 3.8) is 0 Å². The van der Waals surface area contributed by atoms with Crippen LogP contribution in [0.25, 0.3) is 50.5 Å². The van der Waals surface area contributed by atoms with E-state index in [1.54, 1.807) is 0 Å². The zero-order valence-corrected chi connectivity index (χ0v) is 22.2. The van der Waals surface area contributed by atoms with Gasteiger partial charge in [-0.05, 0) is 40.1 Å². The number of fused-ring (bicyclic) bond motifs is 4. The first kappa shape index (κ1) is 23.5. The van der Waals surface area contributed by atoms with Gasteiger partial charge in [0.2, 0.25) is 0 Å². The van der Waals surface area contributed by atoms with E-state index >= 15 is 0 Å². The molecule has 1 aromatic heterocycles. The SMILES string of the molecule is C1=CC2Oc3ccccc3C2C(c2ccc(-c3nc(-c4ccccc4)nc(-c4ccc5ccccc5c4)n3)cc2)=C1. The third-order valence-corrected chi connectivity index (χ3v) is 7.91. The lowest BCUT2D eigenvalue weighted by molar-refractivity contribution is 0.271. The topological polar surface area (TPSA) is 47.9 Å². The number of hydrogen-bond donors (Lipinski definition) is 0. The molecular weight excluding hydrogens is 502 g/mol. The van der Waals surface area contributed by atoms with Gasteiger partial charge in [0, 0.05) is 22.3 Å². The largest absolute Gasteiger partial charge is 0.485 e. The molecule has 0 saturated heterocycles. The normalized spacial score (nSPS) is 17.0. The maximum atomic E-state index is 6.24. The van der Waals surface area contributed by atoms with Crippen LogP contribution < -0.4 is 4.74 Å². The third-order valence-electron chi connectivity index (χ3n) is 7.91. The van der Waals surface area contributed by atoms with E-state index in [4.69, 9.17) is 19.7 Å². The van der Waals surface area contributed by atoms with Crippen molar-refractivity contribution in [1.82, 2.24) is 15.0 Å². The molecule has 6 aromatic rings. The van der Waals surface area contributed by atoms with E-state index in [1.807, 2.05) is 36.4 Å². The van der Waals surface area contributed by atoms with Gasteiger partial charge in [-0.1, -0.05) is 121 Å². The van der Waals surface area contributed by atoms with E-state index in [9.17, 15) is 0 Å². The van der Waals surface area contributed by atoms with Crippen molar-refractivity contribution in [3.8, 4) is 39.9 Å². The van der Waals surface area contributed by atoms with Gasteiger partial charge in [0.25, 0.3) is 0 Å². The summed E-state index contributed by atoms with van der Waals surface area (Å²) in [7, 11) is 0. The summed E-state index contributed by atoms with van der Waals surface area (Å²) in [5.41, 5.74) is 6.53. The molecule has 0 N–H and O–H groups in total. The lowest BCUT2D eigenvalue weighted by Gasteiger charge is -2.23. The number of rotatable bonds is 4. The van der Waals surface area contributed by atoms with Gasteiger partial charge in [-0.2, -0.15) is 0 Å². The first-order valence-corrected chi connectivity index (χ1v) is 13.9. The van der Waals surface area contributed by atoms with E-state index in [-0.39, 0.29) is 12.0 Å². The molecule has 0 fully saturated rings. The molecule has 0 bridgehead atoms. The van der Waals surface area contributed by atoms with Crippen molar-refractivity contribution in [3.05, 3.63) is 151 Å². The fourth-order valence-corrected chi connectivity index (χ4v) is 5.87. The Hall–Kier alpha value is -5.35. The van der Waals surface area contributed by atoms with E-state index < -0.39 is 0 Å². The van der Waals surface area contributed by atoms with Crippen LogP contribution in [0, 0.1) is 0 Å². The summed E-state index contributed by atoms with van der Waals surface area (Å²) in [6, 6.07) is 41.7. The van der Waals surface area contributed by atoms with Crippen LogP contribution in [0.2, 0.25) is 0 Å². The Morgan fingerprint density at radius 2 is 1.12 bits per heavy atom. The quantitative estimate of drug-likeness (QED) is 0.231. The van der Waals surface area contributed by atoms with Gasteiger partial charge in [-0.25, -0.2) is 15.0 Å². The molecule has 0 radical (unpaired) electrons. The number of hydrogen-bond acceptors (Lipinski definition) is 4. The average molecular weight is 528 g/mol. The van der Waals surface area contributed by atoms with Crippen molar-refractivity contribution in [2.45, 2.75) is 12.0 Å². The highest BCUT2D eigenvalue weighted by Crippen LogP contribution is 2.47. The minimum atomic E-state index is 0.0218. The number of aromatic nitrogens is 3. The van der Waals surface area contributed by atoms with E-state index in [0.717, 1.165) is 27.8 Å². The second-order valence-electron chi connectivity index (χ2n) is 10.4. The number of benzene rings is 5. The van der Waals surface area contributed by atoms with Crippen molar-refractivity contribution in [1.29, 1.82) is 0 Å².